The number of amides is 6. The Morgan fingerprint density at radius 2 is 1.52 bits per heavy atom. The van der Waals surface area contributed by atoms with Crippen LogP contribution in [0.15, 0.2) is 23.8 Å². The quantitative estimate of drug-likeness (QED) is 0.0359. The van der Waals surface area contributed by atoms with Crippen molar-refractivity contribution in [2.75, 3.05) is 92.8 Å². The molecule has 4 aliphatic carbocycles. The summed E-state index contributed by atoms with van der Waals surface area (Å²) in [5.41, 5.74) is -0.914. The number of alkyl halides is 1. The average Bonchev–Trinajstić information content (AvgIpc) is 3.52. The van der Waals surface area contributed by atoms with E-state index in [-0.39, 0.29) is 76.8 Å². The van der Waals surface area contributed by atoms with Gasteiger partial charge >= 0.3 is 12.1 Å². The number of carbonyl (C=O) groups excluding carboxylic acids is 7. The number of nitrogens with one attached hydrogen (secondary N) is 4. The largest absolute Gasteiger partial charge is 0.441 e. The normalized spacial score (nSPS) is 28.4. The molecule has 4 rings (SSSR count). The highest BCUT2D eigenvalue weighted by molar-refractivity contribution is 6.01. The van der Waals surface area contributed by atoms with Gasteiger partial charge < -0.3 is 70.6 Å². The first kappa shape index (κ1) is 58.9. The number of urea groups is 1. The standard InChI is InChI=1S/C48H78FN7O15/c1-30(2)40(55-39(60)12-17-66-18-19-67-20-21-68-22-23-69-24-25-71-51)42(62)54-36(8-7-14-53-43(50)63)41(61)52-15-16-56(6)44(64)70-29-38(59)48(65)31(3)26-35-34-10-9-32-27-33(57)11-13-45(32,4)47(34,49)37(58)28-46(35,48)5/h11,13,27,30-31,34-37,40,58,65H,7-10,12,14-26,28-29,51H2,1-6H3,(H,52,61)(H,54,62)(H,55,60)(H3,50,53,63)/t31-,34?,35+,36+,37+,40+,45+,46+,47+,48+/m1/s1. The third-order valence-corrected chi connectivity index (χ3v) is 14.8. The zero-order valence-electron chi connectivity index (χ0n) is 42.1. The van der Waals surface area contributed by atoms with Crippen LogP contribution in [0.2, 0.25) is 0 Å². The molecule has 0 aromatic rings. The molecule has 6 amide bonds. The summed E-state index contributed by atoms with van der Waals surface area (Å²) in [4.78, 5) is 96.0. The number of rotatable bonds is 30. The van der Waals surface area contributed by atoms with Crippen LogP contribution < -0.4 is 32.9 Å². The number of carbonyl (C=O) groups is 7. The Balaban J connectivity index is 1.24. The maximum atomic E-state index is 17.6. The van der Waals surface area contributed by atoms with Crippen LogP contribution in [-0.4, -0.2) is 179 Å². The van der Waals surface area contributed by atoms with Gasteiger partial charge in [-0.05, 0) is 75.4 Å². The van der Waals surface area contributed by atoms with Gasteiger partial charge in [0, 0.05) is 49.9 Å². The van der Waals surface area contributed by atoms with Gasteiger partial charge in [0.15, 0.2) is 18.1 Å². The maximum Gasteiger partial charge on any atom is 0.409 e. The number of fused-ring (bicyclic) bond motifs is 5. The van der Waals surface area contributed by atoms with Crippen molar-refractivity contribution in [1.29, 1.82) is 0 Å². The van der Waals surface area contributed by atoms with E-state index in [1.165, 1.54) is 25.3 Å². The van der Waals surface area contributed by atoms with E-state index in [4.69, 9.17) is 35.3 Å². The fourth-order valence-electron chi connectivity index (χ4n) is 10.9. The summed E-state index contributed by atoms with van der Waals surface area (Å²) in [5, 5.41) is 34.4. The monoisotopic (exact) mass is 1010 g/mol. The van der Waals surface area contributed by atoms with Gasteiger partial charge in [-0.2, -0.15) is 0 Å². The Morgan fingerprint density at radius 3 is 2.13 bits per heavy atom. The molecule has 10 N–H and O–H groups in total. The van der Waals surface area contributed by atoms with E-state index in [9.17, 15) is 43.8 Å². The van der Waals surface area contributed by atoms with Gasteiger partial charge in [-0.3, -0.25) is 24.0 Å². The number of hydrogen-bond acceptors (Lipinski definition) is 16. The highest BCUT2D eigenvalue weighted by atomic mass is 19.1. The topological polar surface area (TPSA) is 319 Å². The lowest BCUT2D eigenvalue weighted by Gasteiger charge is -2.62. The number of aliphatic hydroxyl groups excluding tert-OH is 1. The third kappa shape index (κ3) is 14.3. The molecule has 0 aromatic heterocycles. The number of halogens is 1. The van der Waals surface area contributed by atoms with E-state index in [2.05, 4.69) is 26.1 Å². The Morgan fingerprint density at radius 1 is 0.901 bits per heavy atom. The predicted octanol–water partition coefficient (Wildman–Crippen LogP) is 0.509. The van der Waals surface area contributed by atoms with Crippen molar-refractivity contribution in [1.82, 2.24) is 26.2 Å². The number of ether oxygens (including phenoxy) is 5. The summed E-state index contributed by atoms with van der Waals surface area (Å²) in [6.45, 7) is 10.4. The van der Waals surface area contributed by atoms with Crippen LogP contribution >= 0.6 is 0 Å². The van der Waals surface area contributed by atoms with Crippen molar-refractivity contribution >= 4 is 41.4 Å². The van der Waals surface area contributed by atoms with E-state index in [0.717, 1.165) is 4.90 Å². The summed E-state index contributed by atoms with van der Waals surface area (Å²) in [6, 6.07) is -2.91. The molecular formula is C48H78FN7O15. The summed E-state index contributed by atoms with van der Waals surface area (Å²) in [6.07, 6.45) is 2.87. The van der Waals surface area contributed by atoms with E-state index >= 15 is 4.39 Å². The summed E-state index contributed by atoms with van der Waals surface area (Å²) < 4.78 is 44.5. The summed E-state index contributed by atoms with van der Waals surface area (Å²) in [5.74, 6) is -0.0760. The molecule has 3 fully saturated rings. The number of allylic oxidation sites excluding steroid dienone is 4. The molecule has 0 bridgehead atoms. The maximum absolute atomic E-state index is 17.6. The third-order valence-electron chi connectivity index (χ3n) is 14.8. The van der Waals surface area contributed by atoms with Gasteiger partial charge in [0.25, 0.3) is 0 Å². The fraction of sp³-hybridized carbons (Fsp3) is 0.771. The Bertz CT molecular complexity index is 1930. The number of hydrogen-bond donors (Lipinski definition) is 8. The van der Waals surface area contributed by atoms with Gasteiger partial charge in [-0.15, -0.1) is 0 Å². The van der Waals surface area contributed by atoms with E-state index in [1.807, 2.05) is 0 Å². The van der Waals surface area contributed by atoms with Gasteiger partial charge in [0.1, 0.15) is 17.7 Å². The SMILES string of the molecule is CC(C)[C@H](NC(=O)CCOCCOCCOCCOCCON)C(=O)N[C@@H](CCCNC(N)=O)C(=O)NCCN(C)C(=O)OCC(=O)[C@@]1(O)[C@H](C)C[C@H]2C3CCC4=CC(=O)C=C[C@]4(C)[C@@]3(F)[C@@H](O)C[C@@]21C. The molecule has 4 aliphatic rings. The zero-order valence-corrected chi connectivity index (χ0v) is 42.1. The second-order valence-electron chi connectivity index (χ2n) is 19.7. The van der Waals surface area contributed by atoms with Gasteiger partial charge in [0.2, 0.25) is 23.5 Å². The van der Waals surface area contributed by atoms with Crippen molar-refractivity contribution in [3.05, 3.63) is 23.8 Å². The molecule has 0 radical (unpaired) electrons. The molecule has 402 valence electrons. The molecule has 22 nitrogen and oxygen atoms in total. The first-order valence-electron chi connectivity index (χ1n) is 24.6. The minimum absolute atomic E-state index is 0.0465. The zero-order chi connectivity index (χ0) is 52.6. The molecule has 71 heavy (non-hydrogen) atoms. The predicted molar refractivity (Wildman–Crippen MR) is 253 cm³/mol. The molecule has 0 spiro atoms. The number of ketones is 2. The van der Waals surface area contributed by atoms with Crippen LogP contribution in [-0.2, 0) is 52.5 Å². The smallest absolute Gasteiger partial charge is 0.409 e. The van der Waals surface area contributed by atoms with Crippen molar-refractivity contribution < 1.29 is 76.7 Å². The molecule has 23 heteroatoms. The molecule has 10 atom stereocenters. The lowest BCUT2D eigenvalue weighted by molar-refractivity contribution is -0.219. The van der Waals surface area contributed by atoms with Crippen LogP contribution in [0.25, 0.3) is 0 Å². The number of nitrogens with zero attached hydrogens (tertiary/aromatic N) is 1. The second kappa shape index (κ2) is 26.9. The molecule has 0 heterocycles. The second-order valence-corrected chi connectivity index (χ2v) is 19.7. The number of likely N-dealkylation sites (N-methyl/N-ethyl adjacent to an activating group) is 1. The number of Topliss-reactive ketones (excluding diaryl/α,β-unsaturated/α-hetero) is 1. The van der Waals surface area contributed by atoms with Crippen LogP contribution in [0.3, 0.4) is 0 Å². The number of primary amides is 1. The van der Waals surface area contributed by atoms with Crippen LogP contribution in [0.1, 0.15) is 79.6 Å². The molecular weight excluding hydrogens is 934 g/mol. The average molecular weight is 1010 g/mol. The lowest BCUT2D eigenvalue weighted by Crippen LogP contribution is -2.69. The lowest BCUT2D eigenvalue weighted by atomic mass is 9.44. The molecule has 0 aromatic carbocycles. The van der Waals surface area contributed by atoms with Crippen molar-refractivity contribution in [3.63, 3.8) is 0 Å². The van der Waals surface area contributed by atoms with Crippen LogP contribution in [0.5, 0.6) is 0 Å². The van der Waals surface area contributed by atoms with Gasteiger partial charge in [-0.25, -0.2) is 19.9 Å². The molecule has 3 saturated carbocycles. The van der Waals surface area contributed by atoms with Gasteiger partial charge in [-0.1, -0.05) is 39.3 Å². The summed E-state index contributed by atoms with van der Waals surface area (Å²) in [7, 11) is 1.38. The van der Waals surface area contributed by atoms with Crippen LogP contribution in [0.4, 0.5) is 14.0 Å². The highest BCUT2D eigenvalue weighted by Crippen LogP contribution is 2.70. The Labute approximate surface area is 415 Å². The van der Waals surface area contributed by atoms with E-state index in [1.54, 1.807) is 34.6 Å². The Hall–Kier alpha value is -4.62. The number of nitrogens with two attached hydrogens (primary N) is 2. The molecule has 0 saturated heterocycles. The minimum Gasteiger partial charge on any atom is -0.441 e. The van der Waals surface area contributed by atoms with Crippen molar-refractivity contribution in [2.45, 2.75) is 109 Å². The van der Waals surface area contributed by atoms with Gasteiger partial charge in [0.05, 0.1) is 65.6 Å². The minimum atomic E-state index is -2.15. The molecule has 0 aliphatic heterocycles. The van der Waals surface area contributed by atoms with E-state index < -0.39 is 100 Å². The summed E-state index contributed by atoms with van der Waals surface area (Å²) >= 11 is 0. The van der Waals surface area contributed by atoms with Crippen LogP contribution in [0, 0.1) is 34.5 Å². The Kier molecular flexibility index (Phi) is 22.3. The first-order valence-corrected chi connectivity index (χ1v) is 24.6. The van der Waals surface area contributed by atoms with Crippen molar-refractivity contribution in [3.8, 4) is 0 Å². The fourth-order valence-corrected chi connectivity index (χ4v) is 10.9. The molecule has 1 unspecified atom stereocenters. The first-order chi connectivity index (χ1) is 33.6. The van der Waals surface area contributed by atoms with E-state index in [0.29, 0.717) is 64.5 Å². The highest BCUT2D eigenvalue weighted by Gasteiger charge is 2.75. The number of aliphatic hydroxyl groups is 2. The van der Waals surface area contributed by atoms with Crippen molar-refractivity contribution in [2.24, 2.45) is 46.1 Å².